The van der Waals surface area contributed by atoms with Crippen molar-refractivity contribution in [2.45, 2.75) is 33.2 Å². The molecule has 15 heavy (non-hydrogen) atoms. The molecule has 0 radical (unpaired) electrons. The summed E-state index contributed by atoms with van der Waals surface area (Å²) < 4.78 is 0. The number of hydrogen-bond acceptors (Lipinski definition) is 5. The van der Waals surface area contributed by atoms with Gasteiger partial charge in [0.1, 0.15) is 6.20 Å². The van der Waals surface area contributed by atoms with E-state index in [9.17, 15) is 10.1 Å². The molecular formula is C9H15N3O2S. The van der Waals surface area contributed by atoms with Crippen LogP contribution in [-0.2, 0) is 0 Å². The SMILES string of the molecule is CC(C)CC(C)Nc1ncc([N+](=O)[O-])s1. The molecule has 0 bridgehead atoms. The number of aromatic nitrogens is 1. The summed E-state index contributed by atoms with van der Waals surface area (Å²) in [7, 11) is 0. The number of thiazole rings is 1. The summed E-state index contributed by atoms with van der Waals surface area (Å²) in [5.41, 5.74) is 0. The van der Waals surface area contributed by atoms with E-state index in [0.29, 0.717) is 11.0 Å². The van der Waals surface area contributed by atoms with Crippen LogP contribution in [0.5, 0.6) is 0 Å². The van der Waals surface area contributed by atoms with Crippen molar-refractivity contribution in [3.05, 3.63) is 16.3 Å². The zero-order valence-electron chi connectivity index (χ0n) is 9.06. The second-order valence-corrected chi connectivity index (χ2v) is 4.94. The molecule has 5 nitrogen and oxygen atoms in total. The van der Waals surface area contributed by atoms with Gasteiger partial charge in [0.2, 0.25) is 0 Å². The summed E-state index contributed by atoms with van der Waals surface area (Å²) in [6.07, 6.45) is 2.31. The Balaban J connectivity index is 2.53. The van der Waals surface area contributed by atoms with Crippen molar-refractivity contribution in [2.24, 2.45) is 5.92 Å². The number of anilines is 1. The molecule has 0 aromatic carbocycles. The molecule has 0 saturated carbocycles. The van der Waals surface area contributed by atoms with E-state index < -0.39 is 4.92 Å². The van der Waals surface area contributed by atoms with E-state index in [0.717, 1.165) is 17.8 Å². The predicted octanol–water partition coefficient (Wildman–Crippen LogP) is 2.90. The first-order valence-corrected chi connectivity index (χ1v) is 5.67. The quantitative estimate of drug-likeness (QED) is 0.622. The zero-order valence-corrected chi connectivity index (χ0v) is 9.87. The maximum atomic E-state index is 10.4. The highest BCUT2D eigenvalue weighted by atomic mass is 32.1. The molecule has 84 valence electrons. The third kappa shape index (κ3) is 3.83. The first-order valence-electron chi connectivity index (χ1n) is 4.85. The van der Waals surface area contributed by atoms with Gasteiger partial charge in [-0.1, -0.05) is 13.8 Å². The number of nitrogens with zero attached hydrogens (tertiary/aromatic N) is 2. The lowest BCUT2D eigenvalue weighted by Gasteiger charge is -2.14. The molecule has 1 atom stereocenters. The van der Waals surface area contributed by atoms with E-state index in [-0.39, 0.29) is 11.0 Å². The number of rotatable bonds is 5. The van der Waals surface area contributed by atoms with Crippen LogP contribution in [0.1, 0.15) is 27.2 Å². The Morgan fingerprint density at radius 1 is 1.60 bits per heavy atom. The molecule has 0 aliphatic heterocycles. The molecule has 1 rings (SSSR count). The molecule has 0 spiro atoms. The Labute approximate surface area is 92.7 Å². The van der Waals surface area contributed by atoms with Crippen LogP contribution >= 0.6 is 11.3 Å². The highest BCUT2D eigenvalue weighted by Crippen LogP contribution is 2.26. The normalized spacial score (nSPS) is 12.8. The van der Waals surface area contributed by atoms with Gasteiger partial charge in [0.15, 0.2) is 5.13 Å². The maximum Gasteiger partial charge on any atom is 0.345 e. The second kappa shape index (κ2) is 5.06. The van der Waals surface area contributed by atoms with Crippen molar-refractivity contribution < 1.29 is 4.92 Å². The van der Waals surface area contributed by atoms with Crippen LogP contribution in [-0.4, -0.2) is 15.9 Å². The lowest BCUT2D eigenvalue weighted by atomic mass is 10.1. The van der Waals surface area contributed by atoms with E-state index in [1.165, 1.54) is 6.20 Å². The van der Waals surface area contributed by atoms with Crippen LogP contribution in [0.2, 0.25) is 0 Å². The Morgan fingerprint density at radius 2 is 2.27 bits per heavy atom. The largest absolute Gasteiger partial charge is 0.359 e. The summed E-state index contributed by atoms with van der Waals surface area (Å²) in [6, 6.07) is 0.288. The van der Waals surface area contributed by atoms with Gasteiger partial charge < -0.3 is 5.32 Å². The first-order chi connectivity index (χ1) is 6.99. The van der Waals surface area contributed by atoms with Gasteiger partial charge in [-0.3, -0.25) is 10.1 Å². The van der Waals surface area contributed by atoms with Crippen molar-refractivity contribution in [1.82, 2.24) is 4.98 Å². The van der Waals surface area contributed by atoms with Gasteiger partial charge in [-0.15, -0.1) is 0 Å². The van der Waals surface area contributed by atoms with Crippen molar-refractivity contribution in [1.29, 1.82) is 0 Å². The average Bonchev–Trinajstić information content (AvgIpc) is 2.50. The van der Waals surface area contributed by atoms with Crippen LogP contribution < -0.4 is 5.32 Å². The van der Waals surface area contributed by atoms with Gasteiger partial charge in [-0.05, 0) is 30.6 Å². The number of hydrogen-bond donors (Lipinski definition) is 1. The van der Waals surface area contributed by atoms with Crippen molar-refractivity contribution in [3.8, 4) is 0 Å². The fourth-order valence-electron chi connectivity index (χ4n) is 1.39. The summed E-state index contributed by atoms with van der Waals surface area (Å²) in [6.45, 7) is 6.33. The molecule has 1 heterocycles. The summed E-state index contributed by atoms with van der Waals surface area (Å²) in [4.78, 5) is 14.0. The second-order valence-electron chi connectivity index (χ2n) is 3.94. The van der Waals surface area contributed by atoms with Crippen molar-refractivity contribution in [3.63, 3.8) is 0 Å². The molecule has 1 unspecified atom stereocenters. The fraction of sp³-hybridized carbons (Fsp3) is 0.667. The fourth-order valence-corrected chi connectivity index (χ4v) is 2.14. The van der Waals surface area contributed by atoms with Gasteiger partial charge in [-0.2, -0.15) is 0 Å². The summed E-state index contributed by atoms with van der Waals surface area (Å²) >= 11 is 1.08. The monoisotopic (exact) mass is 229 g/mol. The van der Waals surface area contributed by atoms with Crippen LogP contribution in [0.4, 0.5) is 10.1 Å². The van der Waals surface area contributed by atoms with Gasteiger partial charge >= 0.3 is 5.00 Å². The first kappa shape index (κ1) is 11.9. The molecule has 1 N–H and O–H groups in total. The Hall–Kier alpha value is -1.17. The minimum absolute atomic E-state index is 0.0780. The lowest BCUT2D eigenvalue weighted by Crippen LogP contribution is -2.17. The number of nitrogens with one attached hydrogen (secondary N) is 1. The minimum atomic E-state index is -0.421. The molecule has 6 heteroatoms. The third-order valence-corrected chi connectivity index (χ3v) is 2.75. The van der Waals surface area contributed by atoms with E-state index >= 15 is 0 Å². The van der Waals surface area contributed by atoms with Crippen LogP contribution in [0.3, 0.4) is 0 Å². The molecule has 0 fully saturated rings. The summed E-state index contributed by atoms with van der Waals surface area (Å²) in [5, 5.41) is 14.3. The van der Waals surface area contributed by atoms with Crippen molar-refractivity contribution in [2.75, 3.05) is 5.32 Å². The van der Waals surface area contributed by atoms with Gasteiger partial charge in [-0.25, -0.2) is 4.98 Å². The Kier molecular flexibility index (Phi) is 4.02. The number of nitro groups is 1. The standard InChI is InChI=1S/C9H15N3O2S/c1-6(2)4-7(3)11-9-10-5-8(15-9)12(13)14/h5-7H,4H2,1-3H3,(H,10,11). The van der Waals surface area contributed by atoms with E-state index in [1.54, 1.807) is 0 Å². The molecule has 0 aliphatic carbocycles. The van der Waals surface area contributed by atoms with Crippen molar-refractivity contribution >= 4 is 21.5 Å². The van der Waals surface area contributed by atoms with E-state index in [1.807, 2.05) is 6.92 Å². The highest BCUT2D eigenvalue weighted by Gasteiger charge is 2.13. The minimum Gasteiger partial charge on any atom is -0.359 e. The Morgan fingerprint density at radius 3 is 2.73 bits per heavy atom. The molecule has 0 aliphatic rings. The highest BCUT2D eigenvalue weighted by molar-refractivity contribution is 7.18. The van der Waals surface area contributed by atoms with Crippen LogP contribution in [0.25, 0.3) is 0 Å². The van der Waals surface area contributed by atoms with E-state index in [4.69, 9.17) is 0 Å². The molecular weight excluding hydrogens is 214 g/mol. The topological polar surface area (TPSA) is 68.1 Å². The van der Waals surface area contributed by atoms with Crippen LogP contribution in [0, 0.1) is 16.0 Å². The summed E-state index contributed by atoms with van der Waals surface area (Å²) in [5.74, 6) is 0.599. The van der Waals surface area contributed by atoms with Gasteiger partial charge in [0.25, 0.3) is 0 Å². The zero-order chi connectivity index (χ0) is 11.4. The molecule has 1 aromatic heterocycles. The maximum absolute atomic E-state index is 10.4. The van der Waals surface area contributed by atoms with Gasteiger partial charge in [0.05, 0.1) is 4.92 Å². The molecule has 0 saturated heterocycles. The smallest absolute Gasteiger partial charge is 0.345 e. The predicted molar refractivity (Wildman–Crippen MR) is 61.3 cm³/mol. The molecule has 0 amide bonds. The average molecular weight is 229 g/mol. The third-order valence-electron chi connectivity index (χ3n) is 1.87. The lowest BCUT2D eigenvalue weighted by molar-refractivity contribution is -0.380. The van der Waals surface area contributed by atoms with E-state index in [2.05, 4.69) is 24.1 Å². The van der Waals surface area contributed by atoms with Crippen LogP contribution in [0.15, 0.2) is 6.20 Å². The molecule has 1 aromatic rings. The van der Waals surface area contributed by atoms with Gasteiger partial charge in [0, 0.05) is 6.04 Å². The Bertz CT molecular complexity index is 338.